The molecule has 2 rings (SSSR count). The van der Waals surface area contributed by atoms with Crippen molar-refractivity contribution in [2.75, 3.05) is 6.61 Å². The molecule has 1 heterocycles. The lowest BCUT2D eigenvalue weighted by Crippen LogP contribution is -2.31. The zero-order valence-corrected chi connectivity index (χ0v) is 12.9. The molecule has 2 aromatic rings. The lowest BCUT2D eigenvalue weighted by atomic mass is 10.1. The summed E-state index contributed by atoms with van der Waals surface area (Å²) >= 11 is 6.85. The third-order valence-corrected chi connectivity index (χ3v) is 4.00. The summed E-state index contributed by atoms with van der Waals surface area (Å²) in [6.45, 7) is 1.56. The normalized spacial score (nSPS) is 11.7. The van der Waals surface area contributed by atoms with E-state index in [9.17, 15) is 9.59 Å². The molecular formula is C15H14ClNO3S. The Balaban J connectivity index is 1.81. The molecule has 0 aliphatic rings. The monoisotopic (exact) mass is 323 g/mol. The number of carbonyl (C=O) groups excluding carboxylic acids is 2. The van der Waals surface area contributed by atoms with Crippen molar-refractivity contribution in [2.45, 2.75) is 13.0 Å². The molecule has 0 aliphatic heterocycles. The van der Waals surface area contributed by atoms with Crippen molar-refractivity contribution in [3.63, 3.8) is 0 Å². The second-order valence-electron chi connectivity index (χ2n) is 4.38. The first kappa shape index (κ1) is 15.5. The van der Waals surface area contributed by atoms with Crippen molar-refractivity contribution in [3.05, 3.63) is 57.2 Å². The molecule has 1 N–H and O–H groups in total. The minimum absolute atomic E-state index is 0.145. The minimum atomic E-state index is -0.547. The van der Waals surface area contributed by atoms with Crippen LogP contribution in [0.15, 0.2) is 42.5 Å². The molecule has 110 valence electrons. The van der Waals surface area contributed by atoms with E-state index in [1.807, 2.05) is 37.3 Å². The van der Waals surface area contributed by atoms with Gasteiger partial charge in [-0.2, -0.15) is 0 Å². The molecule has 1 aromatic carbocycles. The Morgan fingerprint density at radius 2 is 1.95 bits per heavy atom. The summed E-state index contributed by atoms with van der Waals surface area (Å²) in [5.74, 6) is -0.892. The van der Waals surface area contributed by atoms with E-state index in [2.05, 4.69) is 5.32 Å². The highest BCUT2D eigenvalue weighted by Crippen LogP contribution is 2.21. The van der Waals surface area contributed by atoms with Gasteiger partial charge in [-0.3, -0.25) is 4.79 Å². The molecule has 0 fully saturated rings. The number of hydrogen-bond acceptors (Lipinski definition) is 4. The van der Waals surface area contributed by atoms with Crippen molar-refractivity contribution in [1.29, 1.82) is 0 Å². The molecule has 21 heavy (non-hydrogen) atoms. The number of halogens is 1. The number of ether oxygens (including phenoxy) is 1. The molecule has 6 heteroatoms. The molecule has 1 atom stereocenters. The van der Waals surface area contributed by atoms with Crippen molar-refractivity contribution >= 4 is 34.8 Å². The van der Waals surface area contributed by atoms with Crippen LogP contribution < -0.4 is 5.32 Å². The van der Waals surface area contributed by atoms with E-state index >= 15 is 0 Å². The predicted molar refractivity (Wildman–Crippen MR) is 82.6 cm³/mol. The fourth-order valence-electron chi connectivity index (χ4n) is 1.73. The maximum Gasteiger partial charge on any atom is 0.348 e. The van der Waals surface area contributed by atoms with Crippen LogP contribution in [0.3, 0.4) is 0 Å². The third kappa shape index (κ3) is 4.58. The Morgan fingerprint density at radius 3 is 2.57 bits per heavy atom. The Bertz CT molecular complexity index is 627. The molecule has 0 aliphatic carbocycles. The van der Waals surface area contributed by atoms with Crippen LogP contribution in [-0.2, 0) is 9.53 Å². The zero-order valence-electron chi connectivity index (χ0n) is 11.3. The van der Waals surface area contributed by atoms with E-state index < -0.39 is 5.97 Å². The number of nitrogens with one attached hydrogen (secondary N) is 1. The summed E-state index contributed by atoms with van der Waals surface area (Å²) in [5, 5.41) is 2.77. The fraction of sp³-hybridized carbons (Fsp3) is 0.200. The molecule has 1 aromatic heterocycles. The quantitative estimate of drug-likeness (QED) is 0.858. The van der Waals surface area contributed by atoms with E-state index in [1.165, 1.54) is 0 Å². The number of rotatable bonds is 5. The maximum atomic E-state index is 11.8. The van der Waals surface area contributed by atoms with Gasteiger partial charge in [0, 0.05) is 0 Å². The first-order chi connectivity index (χ1) is 10.1. The average molecular weight is 324 g/mol. The number of hydrogen-bond donors (Lipinski definition) is 1. The van der Waals surface area contributed by atoms with Crippen molar-refractivity contribution in [1.82, 2.24) is 5.32 Å². The van der Waals surface area contributed by atoms with Crippen LogP contribution in [0.2, 0.25) is 4.34 Å². The Morgan fingerprint density at radius 1 is 1.24 bits per heavy atom. The summed E-state index contributed by atoms with van der Waals surface area (Å²) in [7, 11) is 0. The van der Waals surface area contributed by atoms with E-state index in [0.717, 1.165) is 16.9 Å². The van der Waals surface area contributed by atoms with Gasteiger partial charge in [0.25, 0.3) is 5.91 Å². The number of amides is 1. The van der Waals surface area contributed by atoms with E-state index in [1.54, 1.807) is 12.1 Å². The minimum Gasteiger partial charge on any atom is -0.451 e. The number of thiophene rings is 1. The molecule has 1 amide bonds. The highest BCUT2D eigenvalue weighted by molar-refractivity contribution is 7.17. The van der Waals surface area contributed by atoms with Gasteiger partial charge in [0.05, 0.1) is 10.4 Å². The second-order valence-corrected chi connectivity index (χ2v) is 6.09. The molecule has 0 bridgehead atoms. The van der Waals surface area contributed by atoms with Crippen molar-refractivity contribution in [3.8, 4) is 0 Å². The summed E-state index contributed by atoms with van der Waals surface area (Å²) < 4.78 is 5.44. The average Bonchev–Trinajstić information content (AvgIpc) is 2.92. The molecule has 0 saturated heterocycles. The zero-order chi connectivity index (χ0) is 15.2. The van der Waals surface area contributed by atoms with Crippen LogP contribution in [0.25, 0.3) is 0 Å². The molecule has 0 saturated carbocycles. The lowest BCUT2D eigenvalue weighted by Gasteiger charge is -2.14. The Labute approximate surface area is 131 Å². The molecule has 4 nitrogen and oxygen atoms in total. The van der Waals surface area contributed by atoms with Crippen LogP contribution in [0.5, 0.6) is 0 Å². The fourth-order valence-corrected chi connectivity index (χ4v) is 2.67. The summed E-state index contributed by atoms with van der Waals surface area (Å²) in [6.07, 6.45) is 0. The standard InChI is InChI=1S/C15H14ClNO3S/c1-10(11-5-3-2-4-6-11)17-14(18)9-20-15(19)12-7-8-13(16)21-12/h2-8,10H,9H2,1H3,(H,17,18)/t10-/m0/s1. The van der Waals surface area contributed by atoms with Gasteiger partial charge in [-0.25, -0.2) is 4.79 Å². The highest BCUT2D eigenvalue weighted by Gasteiger charge is 2.14. The van der Waals surface area contributed by atoms with Crippen LogP contribution in [0, 0.1) is 0 Å². The first-order valence-electron chi connectivity index (χ1n) is 6.33. The molecule has 0 spiro atoms. The van der Waals surface area contributed by atoms with Gasteiger partial charge in [0.15, 0.2) is 6.61 Å². The number of benzene rings is 1. The summed E-state index contributed by atoms with van der Waals surface area (Å²) in [5.41, 5.74) is 0.988. The van der Waals surface area contributed by atoms with Crippen molar-refractivity contribution in [2.24, 2.45) is 0 Å². The molecular weight excluding hydrogens is 310 g/mol. The largest absolute Gasteiger partial charge is 0.451 e. The van der Waals surface area contributed by atoms with Gasteiger partial charge in [-0.15, -0.1) is 11.3 Å². The van der Waals surface area contributed by atoms with E-state index in [-0.39, 0.29) is 18.6 Å². The number of esters is 1. The molecule has 0 unspecified atom stereocenters. The topological polar surface area (TPSA) is 55.4 Å². The van der Waals surface area contributed by atoms with E-state index in [4.69, 9.17) is 16.3 Å². The van der Waals surface area contributed by atoms with Gasteiger partial charge in [-0.1, -0.05) is 41.9 Å². The molecule has 0 radical (unpaired) electrons. The first-order valence-corrected chi connectivity index (χ1v) is 7.52. The van der Waals surface area contributed by atoms with E-state index in [0.29, 0.717) is 9.21 Å². The summed E-state index contributed by atoms with van der Waals surface area (Å²) in [4.78, 5) is 23.8. The maximum absolute atomic E-state index is 11.8. The van der Waals surface area contributed by atoms with Gasteiger partial charge in [0.2, 0.25) is 0 Å². The van der Waals surface area contributed by atoms with Crippen LogP contribution >= 0.6 is 22.9 Å². The lowest BCUT2D eigenvalue weighted by molar-refractivity contribution is -0.124. The predicted octanol–water partition coefficient (Wildman–Crippen LogP) is 3.44. The summed E-state index contributed by atoms with van der Waals surface area (Å²) in [6, 6.07) is 12.6. The van der Waals surface area contributed by atoms with Gasteiger partial charge < -0.3 is 10.1 Å². The Kier molecular flexibility index (Phi) is 5.36. The number of carbonyl (C=O) groups is 2. The van der Waals surface area contributed by atoms with Gasteiger partial charge in [0.1, 0.15) is 4.88 Å². The van der Waals surface area contributed by atoms with Crippen LogP contribution in [-0.4, -0.2) is 18.5 Å². The van der Waals surface area contributed by atoms with Crippen molar-refractivity contribution < 1.29 is 14.3 Å². The van der Waals surface area contributed by atoms with Gasteiger partial charge in [-0.05, 0) is 24.6 Å². The van der Waals surface area contributed by atoms with Gasteiger partial charge >= 0.3 is 5.97 Å². The highest BCUT2D eigenvalue weighted by atomic mass is 35.5. The van der Waals surface area contributed by atoms with Crippen LogP contribution in [0.4, 0.5) is 0 Å². The van der Waals surface area contributed by atoms with Crippen LogP contribution in [0.1, 0.15) is 28.2 Å². The third-order valence-electron chi connectivity index (χ3n) is 2.79. The smallest absolute Gasteiger partial charge is 0.348 e. The SMILES string of the molecule is C[C@H](NC(=O)COC(=O)c1ccc(Cl)s1)c1ccccc1. The Hall–Kier alpha value is -1.85. The second kappa shape index (κ2) is 7.24.